The van der Waals surface area contributed by atoms with Gasteiger partial charge in [-0.3, -0.25) is 4.79 Å². The van der Waals surface area contributed by atoms with Gasteiger partial charge in [0.15, 0.2) is 6.61 Å². The minimum Gasteiger partial charge on any atom is -0.468 e. The van der Waals surface area contributed by atoms with Gasteiger partial charge in [-0.2, -0.15) is 0 Å². The third-order valence-electron chi connectivity index (χ3n) is 3.67. The molecule has 1 amide bonds. The molecule has 0 aliphatic carbocycles. The Labute approximate surface area is 134 Å². The van der Waals surface area contributed by atoms with Crippen LogP contribution in [0.15, 0.2) is 42.6 Å². The van der Waals surface area contributed by atoms with E-state index in [9.17, 15) is 9.18 Å². The maximum absolute atomic E-state index is 14.2. The Kier molecular flexibility index (Phi) is 4.71. The first-order valence-electron chi connectivity index (χ1n) is 7.60. The molecule has 2 heterocycles. The number of hydrogen-bond donors (Lipinski definition) is 1. The van der Waals surface area contributed by atoms with Gasteiger partial charge in [0.25, 0.3) is 5.91 Å². The largest absolute Gasteiger partial charge is 0.468 e. The summed E-state index contributed by atoms with van der Waals surface area (Å²) in [5.41, 5.74) is 1.00. The topological polar surface area (TPSA) is 54.5 Å². The number of rotatable bonds is 5. The number of amides is 1. The Hall–Kier alpha value is -2.63. The van der Waals surface area contributed by atoms with Crippen molar-refractivity contribution in [3.8, 4) is 5.88 Å². The van der Waals surface area contributed by atoms with Crippen molar-refractivity contribution in [2.75, 3.05) is 29.9 Å². The fourth-order valence-electron chi connectivity index (χ4n) is 2.57. The lowest BCUT2D eigenvalue weighted by Gasteiger charge is -2.18. The van der Waals surface area contributed by atoms with Gasteiger partial charge in [-0.1, -0.05) is 6.07 Å². The van der Waals surface area contributed by atoms with Gasteiger partial charge in [-0.05, 0) is 37.1 Å². The minimum absolute atomic E-state index is 0.174. The van der Waals surface area contributed by atoms with Gasteiger partial charge in [0.05, 0.1) is 5.69 Å². The molecule has 6 heteroatoms. The van der Waals surface area contributed by atoms with E-state index in [1.54, 1.807) is 36.5 Å². The van der Waals surface area contributed by atoms with Crippen LogP contribution in [0.1, 0.15) is 12.8 Å². The van der Waals surface area contributed by atoms with Crippen molar-refractivity contribution in [2.45, 2.75) is 12.8 Å². The molecule has 0 bridgehead atoms. The zero-order valence-electron chi connectivity index (χ0n) is 12.7. The normalized spacial score (nSPS) is 13.9. The standard InChI is InChI=1S/C17H18FN3O2/c18-14-11-13(6-7-15(14)21-9-3-4-10-21)20-16(22)12-23-17-5-1-2-8-19-17/h1-2,5-8,11H,3-4,9-10,12H2,(H,20,22). The second kappa shape index (κ2) is 7.09. The number of ether oxygens (including phenoxy) is 1. The highest BCUT2D eigenvalue weighted by atomic mass is 19.1. The van der Waals surface area contributed by atoms with Crippen molar-refractivity contribution in [1.29, 1.82) is 0 Å². The Balaban J connectivity index is 1.57. The molecule has 0 unspecified atom stereocenters. The van der Waals surface area contributed by atoms with Crippen LogP contribution in [0, 0.1) is 5.82 Å². The molecule has 1 aromatic heterocycles. The van der Waals surface area contributed by atoms with Gasteiger partial charge in [-0.15, -0.1) is 0 Å². The van der Waals surface area contributed by atoms with Crippen LogP contribution in [0.4, 0.5) is 15.8 Å². The molecular formula is C17H18FN3O2. The molecule has 1 aromatic carbocycles. The van der Waals surface area contributed by atoms with Crippen molar-refractivity contribution in [2.24, 2.45) is 0 Å². The van der Waals surface area contributed by atoms with E-state index in [1.807, 2.05) is 4.90 Å². The number of carbonyl (C=O) groups excluding carboxylic acids is 1. The first-order chi connectivity index (χ1) is 11.2. The van der Waals surface area contributed by atoms with Crippen molar-refractivity contribution in [3.05, 3.63) is 48.4 Å². The molecule has 120 valence electrons. The summed E-state index contributed by atoms with van der Waals surface area (Å²) in [5.74, 6) is -0.308. The number of aromatic nitrogens is 1. The van der Waals surface area contributed by atoms with Crippen LogP contribution in [0.2, 0.25) is 0 Å². The Morgan fingerprint density at radius 2 is 2.09 bits per heavy atom. The van der Waals surface area contributed by atoms with Crippen LogP contribution >= 0.6 is 0 Å². The van der Waals surface area contributed by atoms with Gasteiger partial charge in [0, 0.05) is 31.0 Å². The summed E-state index contributed by atoms with van der Waals surface area (Å²) in [7, 11) is 0. The monoisotopic (exact) mass is 315 g/mol. The smallest absolute Gasteiger partial charge is 0.262 e. The third-order valence-corrected chi connectivity index (χ3v) is 3.67. The molecule has 5 nitrogen and oxygen atoms in total. The number of carbonyl (C=O) groups is 1. The molecule has 3 rings (SSSR count). The van der Waals surface area contributed by atoms with Crippen molar-refractivity contribution >= 4 is 17.3 Å². The molecular weight excluding hydrogens is 297 g/mol. The predicted molar refractivity (Wildman–Crippen MR) is 86.2 cm³/mol. The molecule has 2 aromatic rings. The number of anilines is 2. The van der Waals surface area contributed by atoms with Crippen molar-refractivity contribution in [1.82, 2.24) is 4.98 Å². The van der Waals surface area contributed by atoms with E-state index in [0.29, 0.717) is 17.3 Å². The first kappa shape index (κ1) is 15.3. The summed E-state index contributed by atoms with van der Waals surface area (Å²) in [4.78, 5) is 17.8. The zero-order chi connectivity index (χ0) is 16.1. The summed E-state index contributed by atoms with van der Waals surface area (Å²) in [6.45, 7) is 1.58. The number of halogens is 1. The van der Waals surface area contributed by atoms with E-state index >= 15 is 0 Å². The van der Waals surface area contributed by atoms with E-state index in [-0.39, 0.29) is 18.3 Å². The first-order valence-corrected chi connectivity index (χ1v) is 7.60. The molecule has 1 N–H and O–H groups in total. The lowest BCUT2D eigenvalue weighted by molar-refractivity contribution is -0.118. The summed E-state index contributed by atoms with van der Waals surface area (Å²) in [6, 6.07) is 9.94. The Morgan fingerprint density at radius 3 is 2.78 bits per heavy atom. The molecule has 1 aliphatic rings. The molecule has 0 radical (unpaired) electrons. The highest BCUT2D eigenvalue weighted by Crippen LogP contribution is 2.26. The molecule has 1 saturated heterocycles. The SMILES string of the molecule is O=C(COc1ccccn1)Nc1ccc(N2CCCC2)c(F)c1. The molecule has 23 heavy (non-hydrogen) atoms. The molecule has 0 saturated carbocycles. The van der Waals surface area contributed by atoms with Crippen molar-refractivity contribution < 1.29 is 13.9 Å². The predicted octanol–water partition coefficient (Wildman–Crippen LogP) is 2.84. The van der Waals surface area contributed by atoms with Crippen LogP contribution < -0.4 is 15.0 Å². The van der Waals surface area contributed by atoms with Gasteiger partial charge < -0.3 is 15.0 Å². The van der Waals surface area contributed by atoms with E-state index in [0.717, 1.165) is 25.9 Å². The highest BCUT2D eigenvalue weighted by Gasteiger charge is 2.16. The number of pyridine rings is 1. The van der Waals surface area contributed by atoms with Gasteiger partial charge >= 0.3 is 0 Å². The van der Waals surface area contributed by atoms with Crippen LogP contribution in [-0.2, 0) is 4.79 Å². The van der Waals surface area contributed by atoms with E-state index in [2.05, 4.69) is 10.3 Å². The average Bonchev–Trinajstić information content (AvgIpc) is 3.08. The third kappa shape index (κ3) is 3.97. The fraction of sp³-hybridized carbons (Fsp3) is 0.294. The highest BCUT2D eigenvalue weighted by molar-refractivity contribution is 5.92. The minimum atomic E-state index is -0.357. The van der Waals surface area contributed by atoms with Crippen LogP contribution in [0.5, 0.6) is 5.88 Å². The Morgan fingerprint density at radius 1 is 1.26 bits per heavy atom. The van der Waals surface area contributed by atoms with Gasteiger partial charge in [0.2, 0.25) is 5.88 Å². The van der Waals surface area contributed by atoms with Crippen LogP contribution in [-0.4, -0.2) is 30.6 Å². The quantitative estimate of drug-likeness (QED) is 0.922. The van der Waals surface area contributed by atoms with E-state index in [4.69, 9.17) is 4.74 Å². The molecule has 1 fully saturated rings. The maximum atomic E-state index is 14.2. The number of nitrogens with one attached hydrogen (secondary N) is 1. The lowest BCUT2D eigenvalue weighted by Crippen LogP contribution is -2.21. The van der Waals surface area contributed by atoms with Crippen LogP contribution in [0.3, 0.4) is 0 Å². The zero-order valence-corrected chi connectivity index (χ0v) is 12.7. The molecule has 0 spiro atoms. The lowest BCUT2D eigenvalue weighted by atomic mass is 10.2. The summed E-state index contributed by atoms with van der Waals surface area (Å²) >= 11 is 0. The number of hydrogen-bond acceptors (Lipinski definition) is 4. The van der Waals surface area contributed by atoms with Gasteiger partial charge in [-0.25, -0.2) is 9.37 Å². The molecule has 1 aliphatic heterocycles. The Bertz CT molecular complexity index is 673. The van der Waals surface area contributed by atoms with E-state index in [1.165, 1.54) is 6.07 Å². The van der Waals surface area contributed by atoms with Gasteiger partial charge in [0.1, 0.15) is 5.82 Å². The maximum Gasteiger partial charge on any atom is 0.262 e. The number of benzene rings is 1. The second-order valence-electron chi connectivity index (χ2n) is 5.37. The summed E-state index contributed by atoms with van der Waals surface area (Å²) < 4.78 is 19.4. The summed E-state index contributed by atoms with van der Waals surface area (Å²) in [6.07, 6.45) is 3.76. The van der Waals surface area contributed by atoms with Crippen LogP contribution in [0.25, 0.3) is 0 Å². The van der Waals surface area contributed by atoms with Crippen molar-refractivity contribution in [3.63, 3.8) is 0 Å². The molecule has 0 atom stereocenters. The fourth-order valence-corrected chi connectivity index (χ4v) is 2.57. The number of nitrogens with zero attached hydrogens (tertiary/aromatic N) is 2. The second-order valence-corrected chi connectivity index (χ2v) is 5.37. The average molecular weight is 315 g/mol. The summed E-state index contributed by atoms with van der Waals surface area (Å²) in [5, 5.41) is 2.62. The van der Waals surface area contributed by atoms with E-state index < -0.39 is 0 Å².